The number of halogens is 4. The molecule has 180 valence electrons. The molecule has 0 spiro atoms. The molecule has 35 heavy (non-hydrogen) atoms. The number of rotatable bonds is 6. The normalized spacial score (nSPS) is 12.3. The van der Waals surface area contributed by atoms with E-state index in [0.29, 0.717) is 10.8 Å². The molecule has 4 aromatic rings. The van der Waals surface area contributed by atoms with Gasteiger partial charge in [-0.1, -0.05) is 17.7 Å². The number of aromatic amines is 1. The monoisotopic (exact) mass is 521 g/mol. The topological polar surface area (TPSA) is 126 Å². The molecule has 0 saturated carbocycles. The minimum Gasteiger partial charge on any atom is -0.343 e. The molecule has 2 amide bonds. The van der Waals surface area contributed by atoms with Crippen LogP contribution >= 0.6 is 22.9 Å². The van der Waals surface area contributed by atoms with E-state index >= 15 is 0 Å². The van der Waals surface area contributed by atoms with Crippen LogP contribution in [0.1, 0.15) is 43.7 Å². The highest BCUT2D eigenvalue weighted by molar-refractivity contribution is 7.13. The fourth-order valence-electron chi connectivity index (χ4n) is 2.97. The first-order valence-electron chi connectivity index (χ1n) is 9.89. The van der Waals surface area contributed by atoms with Crippen molar-refractivity contribution in [1.29, 1.82) is 0 Å². The number of anilines is 1. The van der Waals surface area contributed by atoms with Gasteiger partial charge in [-0.2, -0.15) is 13.2 Å². The van der Waals surface area contributed by atoms with Crippen molar-refractivity contribution in [3.8, 4) is 11.5 Å². The van der Waals surface area contributed by atoms with Crippen molar-refractivity contribution in [2.75, 3.05) is 5.32 Å². The Morgan fingerprint density at radius 3 is 2.66 bits per heavy atom. The predicted octanol–water partition coefficient (Wildman–Crippen LogP) is 4.74. The van der Waals surface area contributed by atoms with Gasteiger partial charge >= 0.3 is 6.18 Å². The van der Waals surface area contributed by atoms with E-state index in [1.165, 1.54) is 30.9 Å². The molecule has 3 aromatic heterocycles. The van der Waals surface area contributed by atoms with Crippen molar-refractivity contribution in [3.63, 3.8) is 0 Å². The van der Waals surface area contributed by atoms with Gasteiger partial charge in [0.2, 0.25) is 0 Å². The van der Waals surface area contributed by atoms with E-state index in [4.69, 9.17) is 11.6 Å². The second-order valence-corrected chi connectivity index (χ2v) is 8.55. The van der Waals surface area contributed by atoms with Crippen LogP contribution in [0.3, 0.4) is 0 Å². The molecule has 1 aromatic carbocycles. The maximum Gasteiger partial charge on any atom is 0.416 e. The lowest BCUT2D eigenvalue weighted by Gasteiger charge is -2.12. The zero-order chi connectivity index (χ0) is 25.2. The Morgan fingerprint density at radius 2 is 1.94 bits per heavy atom. The number of alkyl halides is 3. The summed E-state index contributed by atoms with van der Waals surface area (Å²) in [6.45, 7) is 1.65. The molecule has 4 rings (SSSR count). The Bertz CT molecular complexity index is 1380. The summed E-state index contributed by atoms with van der Waals surface area (Å²) in [5, 5.41) is 5.52. The van der Waals surface area contributed by atoms with Gasteiger partial charge in [0.25, 0.3) is 11.8 Å². The lowest BCUT2D eigenvalue weighted by atomic mass is 10.2. The summed E-state index contributed by atoms with van der Waals surface area (Å²) in [5.74, 6) is -0.854. The molecule has 9 nitrogen and oxygen atoms in total. The average molecular weight is 522 g/mol. The van der Waals surface area contributed by atoms with E-state index < -0.39 is 29.6 Å². The highest BCUT2D eigenvalue weighted by atomic mass is 35.5. The number of benzene rings is 1. The summed E-state index contributed by atoms with van der Waals surface area (Å²) >= 11 is 7.28. The molecule has 0 aliphatic carbocycles. The molecule has 1 unspecified atom stereocenters. The number of hydrogen-bond acceptors (Lipinski definition) is 7. The maximum absolute atomic E-state index is 12.9. The van der Waals surface area contributed by atoms with Crippen LogP contribution < -0.4 is 10.6 Å². The average Bonchev–Trinajstić information content (AvgIpc) is 3.51. The third kappa shape index (κ3) is 5.46. The molecule has 3 N–H and O–H groups in total. The highest BCUT2D eigenvalue weighted by Gasteiger charge is 2.30. The van der Waals surface area contributed by atoms with Gasteiger partial charge in [0.05, 0.1) is 17.8 Å². The molecular formula is C21H15ClF3N7O2S. The number of imidazole rings is 1. The number of carbonyl (C=O) groups is 2. The van der Waals surface area contributed by atoms with Gasteiger partial charge in [-0.3, -0.25) is 9.59 Å². The van der Waals surface area contributed by atoms with Crippen LogP contribution in [0.5, 0.6) is 0 Å². The highest BCUT2D eigenvalue weighted by Crippen LogP contribution is 2.31. The SMILES string of the molecule is CC(NC(=O)c1ncnc(-c2ncc[nH]2)c1Cl)c1ncc(C(=O)Nc2cccc(C(F)(F)F)c2)s1. The predicted molar refractivity (Wildman–Crippen MR) is 122 cm³/mol. The van der Waals surface area contributed by atoms with Crippen LogP contribution in [0.25, 0.3) is 11.5 Å². The van der Waals surface area contributed by atoms with E-state index in [-0.39, 0.29) is 27.0 Å². The third-order valence-electron chi connectivity index (χ3n) is 4.64. The summed E-state index contributed by atoms with van der Waals surface area (Å²) in [7, 11) is 0. The fraction of sp³-hybridized carbons (Fsp3) is 0.143. The van der Waals surface area contributed by atoms with Crippen molar-refractivity contribution in [1.82, 2.24) is 30.2 Å². The van der Waals surface area contributed by atoms with Crippen LogP contribution in [0, 0.1) is 0 Å². The van der Waals surface area contributed by atoms with Gasteiger partial charge in [0.1, 0.15) is 26.9 Å². The molecule has 0 fully saturated rings. The Balaban J connectivity index is 1.44. The van der Waals surface area contributed by atoms with E-state index in [1.807, 2.05) is 0 Å². The van der Waals surface area contributed by atoms with Gasteiger partial charge in [0.15, 0.2) is 11.5 Å². The maximum atomic E-state index is 12.9. The first-order valence-corrected chi connectivity index (χ1v) is 11.1. The van der Waals surface area contributed by atoms with Crippen LogP contribution in [0.4, 0.5) is 18.9 Å². The number of nitrogens with zero attached hydrogens (tertiary/aromatic N) is 4. The molecule has 3 heterocycles. The van der Waals surface area contributed by atoms with E-state index in [0.717, 1.165) is 23.5 Å². The first kappa shape index (κ1) is 24.3. The third-order valence-corrected chi connectivity index (χ3v) is 6.18. The lowest BCUT2D eigenvalue weighted by Crippen LogP contribution is -2.28. The fourth-order valence-corrected chi connectivity index (χ4v) is 4.06. The first-order chi connectivity index (χ1) is 16.6. The van der Waals surface area contributed by atoms with Gasteiger partial charge in [-0.05, 0) is 25.1 Å². The van der Waals surface area contributed by atoms with Crippen LogP contribution in [-0.2, 0) is 6.18 Å². The number of thiazole rings is 1. The number of hydrogen-bond donors (Lipinski definition) is 3. The van der Waals surface area contributed by atoms with E-state index in [9.17, 15) is 22.8 Å². The molecular weight excluding hydrogens is 507 g/mol. The zero-order valence-electron chi connectivity index (χ0n) is 17.7. The Labute approximate surface area is 204 Å². The van der Waals surface area contributed by atoms with Crippen molar-refractivity contribution >= 4 is 40.4 Å². The zero-order valence-corrected chi connectivity index (χ0v) is 19.3. The van der Waals surface area contributed by atoms with Gasteiger partial charge < -0.3 is 15.6 Å². The Morgan fingerprint density at radius 1 is 1.14 bits per heavy atom. The van der Waals surface area contributed by atoms with Crippen LogP contribution in [0.15, 0.2) is 49.2 Å². The van der Waals surface area contributed by atoms with Crippen molar-refractivity contribution in [2.45, 2.75) is 19.1 Å². The quantitative estimate of drug-likeness (QED) is 0.336. The summed E-state index contributed by atoms with van der Waals surface area (Å²) in [4.78, 5) is 44.4. The van der Waals surface area contributed by atoms with Gasteiger partial charge in [-0.25, -0.2) is 19.9 Å². The van der Waals surface area contributed by atoms with Gasteiger partial charge in [0, 0.05) is 18.1 Å². The Kier molecular flexibility index (Phi) is 6.80. The lowest BCUT2D eigenvalue weighted by molar-refractivity contribution is -0.137. The number of carbonyl (C=O) groups excluding carboxylic acids is 2. The standard InChI is InChI=1S/C21H15ClF3N7O2S/c1-10(31-19(34)16-14(22)15(29-9-30-16)17-26-5-6-27-17)20-28-8-13(35-20)18(33)32-12-4-2-3-11(7-12)21(23,24)25/h2-10H,1H3,(H,26,27)(H,31,34)(H,32,33). The number of aromatic nitrogens is 5. The Hall–Kier alpha value is -3.84. The molecule has 0 radical (unpaired) electrons. The van der Waals surface area contributed by atoms with Crippen molar-refractivity contribution in [2.24, 2.45) is 0 Å². The second kappa shape index (κ2) is 9.80. The van der Waals surface area contributed by atoms with Crippen molar-refractivity contribution in [3.05, 3.63) is 75.3 Å². The molecule has 0 aliphatic heterocycles. The van der Waals surface area contributed by atoms with E-state index in [1.54, 1.807) is 13.1 Å². The summed E-state index contributed by atoms with van der Waals surface area (Å²) in [5.41, 5.74) is -0.701. The molecule has 1 atom stereocenters. The van der Waals surface area contributed by atoms with Gasteiger partial charge in [-0.15, -0.1) is 11.3 Å². The van der Waals surface area contributed by atoms with E-state index in [2.05, 4.69) is 35.6 Å². The molecule has 0 aliphatic rings. The van der Waals surface area contributed by atoms with Crippen molar-refractivity contribution < 1.29 is 22.8 Å². The minimum atomic E-state index is -4.53. The number of H-pyrrole nitrogens is 1. The summed E-state index contributed by atoms with van der Waals surface area (Å²) in [6, 6.07) is 3.67. The van der Waals surface area contributed by atoms with Crippen LogP contribution in [0.2, 0.25) is 5.02 Å². The minimum absolute atomic E-state index is 0.00689. The summed E-state index contributed by atoms with van der Waals surface area (Å²) < 4.78 is 38.7. The number of nitrogens with one attached hydrogen (secondary N) is 3. The molecule has 14 heteroatoms. The molecule has 0 saturated heterocycles. The summed E-state index contributed by atoms with van der Waals surface area (Å²) in [6.07, 6.45) is 1.02. The van der Waals surface area contributed by atoms with Crippen LogP contribution in [-0.4, -0.2) is 36.7 Å². The second-order valence-electron chi connectivity index (χ2n) is 7.11. The largest absolute Gasteiger partial charge is 0.416 e. The smallest absolute Gasteiger partial charge is 0.343 e. The molecule has 0 bridgehead atoms. The number of amides is 2.